The molecule has 1 saturated carbocycles. The van der Waals surface area contributed by atoms with E-state index in [1.54, 1.807) is 12.1 Å². The fraction of sp³-hybridized carbons (Fsp3) is 0.632. The Bertz CT molecular complexity index is 562. The summed E-state index contributed by atoms with van der Waals surface area (Å²) in [5.41, 5.74) is 0.922. The lowest BCUT2D eigenvalue weighted by Crippen LogP contribution is -2.45. The predicted molar refractivity (Wildman–Crippen MR) is 116 cm³/mol. The summed E-state index contributed by atoms with van der Waals surface area (Å²) in [6.07, 6.45) is 3.41. The highest BCUT2D eigenvalue weighted by Gasteiger charge is 2.20. The Balaban J connectivity index is 0.00000338. The minimum absolute atomic E-state index is 0. The third-order valence-electron chi connectivity index (χ3n) is 4.66. The molecule has 26 heavy (non-hydrogen) atoms. The van der Waals surface area contributed by atoms with Gasteiger partial charge in [-0.3, -0.25) is 4.99 Å². The lowest BCUT2D eigenvalue weighted by molar-refractivity contribution is 0.120. The number of nitrogens with one attached hydrogen (secondary N) is 2. The van der Waals surface area contributed by atoms with Crippen LogP contribution >= 0.6 is 24.0 Å². The van der Waals surface area contributed by atoms with Crippen LogP contribution in [0.1, 0.15) is 44.2 Å². The maximum absolute atomic E-state index is 13.6. The third-order valence-corrected chi connectivity index (χ3v) is 4.66. The average Bonchev–Trinajstić information content (AvgIpc) is 2.57. The van der Waals surface area contributed by atoms with Crippen molar-refractivity contribution in [3.8, 4) is 0 Å². The molecule has 3 N–H and O–H groups in total. The Hall–Kier alpha value is -0.930. The Morgan fingerprint density at radius 3 is 2.58 bits per heavy atom. The Kier molecular flexibility index (Phi) is 10.4. The van der Waals surface area contributed by atoms with Gasteiger partial charge < -0.3 is 20.6 Å². The molecule has 0 saturated heterocycles. The number of rotatable bonds is 6. The molecule has 7 heteroatoms. The highest BCUT2D eigenvalue weighted by Crippen LogP contribution is 2.20. The summed E-state index contributed by atoms with van der Waals surface area (Å²) < 4.78 is 13.6. The normalized spacial score (nSPS) is 21.8. The van der Waals surface area contributed by atoms with Gasteiger partial charge in [0.05, 0.1) is 18.7 Å². The fourth-order valence-corrected chi connectivity index (χ4v) is 3.19. The quantitative estimate of drug-likeness (QED) is 0.335. The van der Waals surface area contributed by atoms with Crippen molar-refractivity contribution >= 4 is 29.9 Å². The van der Waals surface area contributed by atoms with E-state index in [-0.39, 0.29) is 41.9 Å². The van der Waals surface area contributed by atoms with Crippen LogP contribution in [-0.2, 0) is 0 Å². The number of halogens is 2. The lowest BCUT2D eigenvalue weighted by atomic mass is 9.93. The smallest absolute Gasteiger partial charge is 0.191 e. The molecule has 1 fully saturated rings. The van der Waals surface area contributed by atoms with E-state index in [1.165, 1.54) is 6.07 Å². The molecule has 1 atom stereocenters. The molecule has 0 heterocycles. The van der Waals surface area contributed by atoms with E-state index in [2.05, 4.69) is 15.5 Å². The molecule has 1 aromatic carbocycles. The largest absolute Gasteiger partial charge is 0.393 e. The minimum Gasteiger partial charge on any atom is -0.393 e. The van der Waals surface area contributed by atoms with Crippen LogP contribution in [0.3, 0.4) is 0 Å². The maximum atomic E-state index is 13.6. The van der Waals surface area contributed by atoms with Gasteiger partial charge in [-0.25, -0.2) is 4.39 Å². The molecule has 1 unspecified atom stereocenters. The molecular weight excluding hydrogens is 446 g/mol. The van der Waals surface area contributed by atoms with Crippen molar-refractivity contribution in [1.29, 1.82) is 0 Å². The molecule has 0 aliphatic heterocycles. The number of likely N-dealkylation sites (N-methyl/N-ethyl adjacent to an activating group) is 1. The number of nitrogens with zero attached hydrogens (tertiary/aromatic N) is 2. The van der Waals surface area contributed by atoms with Gasteiger partial charge in [-0.15, -0.1) is 24.0 Å². The van der Waals surface area contributed by atoms with E-state index < -0.39 is 0 Å². The van der Waals surface area contributed by atoms with Gasteiger partial charge in [0.25, 0.3) is 0 Å². The first-order chi connectivity index (χ1) is 12.0. The Morgan fingerprint density at radius 1 is 1.31 bits per heavy atom. The van der Waals surface area contributed by atoms with E-state index in [4.69, 9.17) is 4.99 Å². The van der Waals surface area contributed by atoms with Crippen LogP contribution < -0.4 is 10.6 Å². The second-order valence-electron chi connectivity index (χ2n) is 6.90. The Morgan fingerprint density at radius 2 is 2.00 bits per heavy atom. The van der Waals surface area contributed by atoms with Crippen molar-refractivity contribution in [3.05, 3.63) is 35.6 Å². The molecule has 1 aliphatic rings. The summed E-state index contributed by atoms with van der Waals surface area (Å²) >= 11 is 0. The van der Waals surface area contributed by atoms with E-state index in [1.807, 2.05) is 27.1 Å². The van der Waals surface area contributed by atoms with Crippen molar-refractivity contribution in [2.24, 2.45) is 4.99 Å². The zero-order valence-electron chi connectivity index (χ0n) is 15.9. The molecule has 2 rings (SSSR count). The summed E-state index contributed by atoms with van der Waals surface area (Å²) in [5.74, 6) is 0.561. The summed E-state index contributed by atoms with van der Waals surface area (Å²) in [5, 5.41) is 16.4. The monoisotopic (exact) mass is 478 g/mol. The van der Waals surface area contributed by atoms with Crippen molar-refractivity contribution in [2.75, 3.05) is 27.2 Å². The second kappa shape index (κ2) is 11.7. The van der Waals surface area contributed by atoms with E-state index in [0.717, 1.165) is 43.8 Å². The van der Waals surface area contributed by atoms with E-state index >= 15 is 0 Å². The maximum Gasteiger partial charge on any atom is 0.191 e. The van der Waals surface area contributed by atoms with Crippen LogP contribution in [0.15, 0.2) is 29.3 Å². The zero-order valence-corrected chi connectivity index (χ0v) is 18.2. The lowest BCUT2D eigenvalue weighted by Gasteiger charge is -2.28. The van der Waals surface area contributed by atoms with Gasteiger partial charge in [-0.1, -0.05) is 12.1 Å². The van der Waals surface area contributed by atoms with Crippen molar-refractivity contribution in [3.63, 3.8) is 0 Å². The topological polar surface area (TPSA) is 59.9 Å². The van der Waals surface area contributed by atoms with Crippen LogP contribution in [0.4, 0.5) is 4.39 Å². The van der Waals surface area contributed by atoms with Gasteiger partial charge in [0.15, 0.2) is 5.96 Å². The van der Waals surface area contributed by atoms with Crippen molar-refractivity contribution in [2.45, 2.75) is 50.8 Å². The van der Waals surface area contributed by atoms with Crippen LogP contribution in [0, 0.1) is 5.82 Å². The van der Waals surface area contributed by atoms with Crippen LogP contribution in [-0.4, -0.2) is 55.3 Å². The fourth-order valence-electron chi connectivity index (χ4n) is 3.19. The minimum atomic E-state index is -0.223. The molecule has 5 nitrogen and oxygen atoms in total. The molecule has 148 valence electrons. The van der Waals surface area contributed by atoms with Gasteiger partial charge in [0.2, 0.25) is 0 Å². The number of hydrogen-bond acceptors (Lipinski definition) is 3. The van der Waals surface area contributed by atoms with Gasteiger partial charge in [-0.2, -0.15) is 0 Å². The molecule has 0 bridgehead atoms. The molecule has 1 aromatic rings. The van der Waals surface area contributed by atoms with Crippen molar-refractivity contribution in [1.82, 2.24) is 15.5 Å². The van der Waals surface area contributed by atoms with E-state index in [9.17, 15) is 9.50 Å². The van der Waals surface area contributed by atoms with Crippen LogP contribution in [0.2, 0.25) is 0 Å². The summed E-state index contributed by atoms with van der Waals surface area (Å²) in [6.45, 7) is 3.37. The second-order valence-corrected chi connectivity index (χ2v) is 6.90. The standard InChI is InChI=1S/C19H31FN4O.HI/c1-4-21-19(23-16-8-10-17(25)11-9-16)22-13-18(24(2)3)14-6-5-7-15(20)12-14;/h5-7,12,16-18,25H,4,8-11,13H2,1-3H3,(H2,21,22,23);1H. The predicted octanol–water partition coefficient (Wildman–Crippen LogP) is 2.91. The number of aliphatic hydroxyl groups excluding tert-OH is 1. The van der Waals surface area contributed by atoms with E-state index in [0.29, 0.717) is 12.6 Å². The Labute approximate surface area is 173 Å². The first-order valence-electron chi connectivity index (χ1n) is 9.14. The number of aliphatic imine (C=N–C) groups is 1. The number of aliphatic hydroxyl groups is 1. The SMILES string of the molecule is CCNC(=NCC(c1cccc(F)c1)N(C)C)NC1CCC(O)CC1.I. The van der Waals surface area contributed by atoms with Gasteiger partial charge in [0.1, 0.15) is 5.82 Å². The van der Waals surface area contributed by atoms with Gasteiger partial charge >= 0.3 is 0 Å². The number of guanidine groups is 1. The number of hydrogen-bond donors (Lipinski definition) is 3. The molecule has 0 spiro atoms. The molecular formula is C19H32FIN4O. The molecule has 0 aromatic heterocycles. The van der Waals surface area contributed by atoms with Crippen LogP contribution in [0.25, 0.3) is 0 Å². The van der Waals surface area contributed by atoms with Crippen LogP contribution in [0.5, 0.6) is 0 Å². The third kappa shape index (κ3) is 7.36. The molecule has 0 amide bonds. The first-order valence-corrected chi connectivity index (χ1v) is 9.14. The summed E-state index contributed by atoms with van der Waals surface area (Å²) in [4.78, 5) is 6.78. The summed E-state index contributed by atoms with van der Waals surface area (Å²) in [6, 6.07) is 7.06. The highest BCUT2D eigenvalue weighted by atomic mass is 127. The molecule has 0 radical (unpaired) electrons. The van der Waals surface area contributed by atoms with Gasteiger partial charge in [-0.05, 0) is 64.4 Å². The zero-order chi connectivity index (χ0) is 18.2. The first kappa shape index (κ1) is 23.1. The average molecular weight is 478 g/mol. The van der Waals surface area contributed by atoms with Crippen molar-refractivity contribution < 1.29 is 9.50 Å². The highest BCUT2D eigenvalue weighted by molar-refractivity contribution is 14.0. The number of benzene rings is 1. The van der Waals surface area contributed by atoms with Gasteiger partial charge in [0, 0.05) is 12.6 Å². The summed E-state index contributed by atoms with van der Waals surface area (Å²) in [7, 11) is 3.96. The molecule has 1 aliphatic carbocycles.